The van der Waals surface area contributed by atoms with E-state index in [1.54, 1.807) is 12.5 Å². The van der Waals surface area contributed by atoms with E-state index >= 15 is 0 Å². The minimum atomic E-state index is 0.667. The van der Waals surface area contributed by atoms with E-state index in [1.807, 2.05) is 54.2 Å². The fourth-order valence-corrected chi connectivity index (χ4v) is 2.19. The molecule has 0 bridgehead atoms. The molecule has 0 radical (unpaired) electrons. The number of hydrogen-bond donors (Lipinski definition) is 0. The maximum Gasteiger partial charge on any atom is 0.119 e. The molecule has 2 heterocycles. The zero-order chi connectivity index (χ0) is 14.5. The summed E-state index contributed by atoms with van der Waals surface area (Å²) in [4.78, 5) is 8.58. The van der Waals surface area contributed by atoms with Crippen molar-refractivity contribution in [1.82, 2.24) is 14.5 Å². The SMILES string of the molecule is CCOc1cccc(-c2ccc(Cn3ccnc3)cn2)c1. The first-order valence-electron chi connectivity index (χ1n) is 6.99. The second-order valence-electron chi connectivity index (χ2n) is 4.75. The maximum atomic E-state index is 5.52. The molecule has 0 saturated carbocycles. The zero-order valence-corrected chi connectivity index (χ0v) is 11.9. The van der Waals surface area contributed by atoms with Gasteiger partial charge < -0.3 is 9.30 Å². The van der Waals surface area contributed by atoms with Gasteiger partial charge in [-0.2, -0.15) is 0 Å². The van der Waals surface area contributed by atoms with Gasteiger partial charge in [0.25, 0.3) is 0 Å². The number of aromatic nitrogens is 3. The Bertz CT molecular complexity index is 690. The summed E-state index contributed by atoms with van der Waals surface area (Å²) < 4.78 is 7.54. The predicted octanol–water partition coefficient (Wildman–Crippen LogP) is 3.39. The lowest BCUT2D eigenvalue weighted by Crippen LogP contribution is -1.97. The molecule has 0 saturated heterocycles. The van der Waals surface area contributed by atoms with E-state index in [1.165, 1.54) is 0 Å². The zero-order valence-electron chi connectivity index (χ0n) is 11.9. The average molecular weight is 279 g/mol. The molecule has 3 rings (SSSR count). The van der Waals surface area contributed by atoms with Gasteiger partial charge in [0.05, 0.1) is 18.6 Å². The number of pyridine rings is 1. The van der Waals surface area contributed by atoms with Crippen LogP contribution in [0.3, 0.4) is 0 Å². The molecule has 0 aliphatic rings. The van der Waals surface area contributed by atoms with Crippen molar-refractivity contribution in [3.63, 3.8) is 0 Å². The Balaban J connectivity index is 1.78. The van der Waals surface area contributed by atoms with Crippen molar-refractivity contribution in [2.45, 2.75) is 13.5 Å². The lowest BCUT2D eigenvalue weighted by molar-refractivity contribution is 0.340. The molecule has 0 unspecified atom stereocenters. The molecule has 3 aromatic rings. The molecule has 0 fully saturated rings. The van der Waals surface area contributed by atoms with E-state index in [4.69, 9.17) is 4.74 Å². The normalized spacial score (nSPS) is 10.5. The summed E-state index contributed by atoms with van der Waals surface area (Å²) in [5.74, 6) is 0.874. The first-order chi connectivity index (χ1) is 10.3. The summed E-state index contributed by atoms with van der Waals surface area (Å²) in [7, 11) is 0. The van der Waals surface area contributed by atoms with Gasteiger partial charge in [0.15, 0.2) is 0 Å². The fraction of sp³-hybridized carbons (Fsp3) is 0.176. The van der Waals surface area contributed by atoms with Gasteiger partial charge in [-0.25, -0.2) is 4.98 Å². The standard InChI is InChI=1S/C17H17N3O/c1-2-21-16-5-3-4-15(10-16)17-7-6-14(11-19-17)12-20-9-8-18-13-20/h3-11,13H,2,12H2,1H3. The van der Waals surface area contributed by atoms with Gasteiger partial charge in [0.2, 0.25) is 0 Å². The smallest absolute Gasteiger partial charge is 0.119 e. The van der Waals surface area contributed by atoms with Crippen LogP contribution in [-0.2, 0) is 6.54 Å². The molecule has 2 aromatic heterocycles. The first kappa shape index (κ1) is 13.4. The Kier molecular flexibility index (Phi) is 3.96. The van der Waals surface area contributed by atoms with Crippen molar-refractivity contribution in [3.05, 3.63) is 66.9 Å². The van der Waals surface area contributed by atoms with Crippen molar-refractivity contribution in [2.75, 3.05) is 6.61 Å². The minimum Gasteiger partial charge on any atom is -0.494 e. The highest BCUT2D eigenvalue weighted by Crippen LogP contribution is 2.22. The summed E-state index contributed by atoms with van der Waals surface area (Å²) in [5, 5.41) is 0. The van der Waals surface area contributed by atoms with Crippen LogP contribution in [-0.4, -0.2) is 21.1 Å². The van der Waals surface area contributed by atoms with Gasteiger partial charge in [0.1, 0.15) is 5.75 Å². The highest BCUT2D eigenvalue weighted by atomic mass is 16.5. The number of imidazole rings is 1. The van der Waals surface area contributed by atoms with Gasteiger partial charge in [0, 0.05) is 30.7 Å². The highest BCUT2D eigenvalue weighted by molar-refractivity contribution is 5.61. The number of ether oxygens (including phenoxy) is 1. The van der Waals surface area contributed by atoms with Crippen molar-refractivity contribution in [2.24, 2.45) is 0 Å². The van der Waals surface area contributed by atoms with E-state index in [-0.39, 0.29) is 0 Å². The maximum absolute atomic E-state index is 5.52. The molecule has 0 amide bonds. The number of rotatable bonds is 5. The molecule has 21 heavy (non-hydrogen) atoms. The molecule has 106 valence electrons. The van der Waals surface area contributed by atoms with Crippen LogP contribution in [0.5, 0.6) is 5.75 Å². The van der Waals surface area contributed by atoms with Crippen LogP contribution in [0.1, 0.15) is 12.5 Å². The molecule has 0 atom stereocenters. The van der Waals surface area contributed by atoms with E-state index in [9.17, 15) is 0 Å². The van der Waals surface area contributed by atoms with Crippen LogP contribution in [0.25, 0.3) is 11.3 Å². The first-order valence-corrected chi connectivity index (χ1v) is 6.99. The Morgan fingerprint density at radius 1 is 1.19 bits per heavy atom. The van der Waals surface area contributed by atoms with Gasteiger partial charge in [-0.1, -0.05) is 18.2 Å². The van der Waals surface area contributed by atoms with Gasteiger partial charge in [-0.15, -0.1) is 0 Å². The van der Waals surface area contributed by atoms with Crippen molar-refractivity contribution in [1.29, 1.82) is 0 Å². The van der Waals surface area contributed by atoms with Gasteiger partial charge in [-0.05, 0) is 30.7 Å². The quantitative estimate of drug-likeness (QED) is 0.718. The van der Waals surface area contributed by atoms with Crippen LogP contribution in [0.2, 0.25) is 0 Å². The molecule has 4 nitrogen and oxygen atoms in total. The Morgan fingerprint density at radius 2 is 2.14 bits per heavy atom. The molecule has 0 aliphatic carbocycles. The van der Waals surface area contributed by atoms with Crippen molar-refractivity contribution in [3.8, 4) is 17.0 Å². The lowest BCUT2D eigenvalue weighted by Gasteiger charge is -2.07. The topological polar surface area (TPSA) is 39.9 Å². The molecule has 0 N–H and O–H groups in total. The Morgan fingerprint density at radius 3 is 2.86 bits per heavy atom. The molecule has 4 heteroatoms. The predicted molar refractivity (Wildman–Crippen MR) is 82.2 cm³/mol. The molecule has 0 aliphatic heterocycles. The van der Waals surface area contributed by atoms with Crippen molar-refractivity contribution >= 4 is 0 Å². The third kappa shape index (κ3) is 3.28. The summed E-state index contributed by atoms with van der Waals surface area (Å²) >= 11 is 0. The monoisotopic (exact) mass is 279 g/mol. The lowest BCUT2D eigenvalue weighted by atomic mass is 10.1. The largest absolute Gasteiger partial charge is 0.494 e. The Hall–Kier alpha value is -2.62. The molecular formula is C17H17N3O. The minimum absolute atomic E-state index is 0.667. The van der Waals surface area contributed by atoms with Crippen molar-refractivity contribution < 1.29 is 4.74 Å². The van der Waals surface area contributed by atoms with Gasteiger partial charge in [-0.3, -0.25) is 4.98 Å². The molecule has 0 spiro atoms. The van der Waals surface area contributed by atoms with E-state index in [0.717, 1.165) is 29.1 Å². The average Bonchev–Trinajstić information content (AvgIpc) is 3.02. The fourth-order valence-electron chi connectivity index (χ4n) is 2.19. The van der Waals surface area contributed by atoms with Crippen LogP contribution >= 0.6 is 0 Å². The third-order valence-electron chi connectivity index (χ3n) is 3.19. The second kappa shape index (κ2) is 6.22. The summed E-state index contributed by atoms with van der Waals surface area (Å²) in [6, 6.07) is 12.1. The molecule has 1 aromatic carbocycles. The van der Waals surface area contributed by atoms with E-state index in [2.05, 4.69) is 16.0 Å². The van der Waals surface area contributed by atoms with Crippen LogP contribution in [0.15, 0.2) is 61.3 Å². The van der Waals surface area contributed by atoms with E-state index in [0.29, 0.717) is 6.61 Å². The third-order valence-corrected chi connectivity index (χ3v) is 3.19. The van der Waals surface area contributed by atoms with Gasteiger partial charge >= 0.3 is 0 Å². The highest BCUT2D eigenvalue weighted by Gasteiger charge is 2.02. The van der Waals surface area contributed by atoms with Crippen LogP contribution in [0.4, 0.5) is 0 Å². The number of benzene rings is 1. The Labute approximate surface area is 124 Å². The summed E-state index contributed by atoms with van der Waals surface area (Å²) in [6.07, 6.45) is 7.43. The molecular weight excluding hydrogens is 262 g/mol. The van der Waals surface area contributed by atoms with Crippen LogP contribution in [0, 0.1) is 0 Å². The summed E-state index contributed by atoms with van der Waals surface area (Å²) in [6.45, 7) is 3.43. The van der Waals surface area contributed by atoms with Crippen LogP contribution < -0.4 is 4.74 Å². The van der Waals surface area contributed by atoms with E-state index < -0.39 is 0 Å². The number of hydrogen-bond acceptors (Lipinski definition) is 3. The second-order valence-corrected chi connectivity index (χ2v) is 4.75. The summed E-state index contributed by atoms with van der Waals surface area (Å²) in [5.41, 5.74) is 3.17. The number of nitrogens with zero attached hydrogens (tertiary/aromatic N) is 3.